The lowest BCUT2D eigenvalue weighted by atomic mass is 9.90. The van der Waals surface area contributed by atoms with E-state index in [4.69, 9.17) is 9.47 Å². The highest BCUT2D eigenvalue weighted by atomic mass is 19.1. The number of halogens is 2. The minimum absolute atomic E-state index is 0.170. The minimum Gasteiger partial charge on any atom is -0.493 e. The summed E-state index contributed by atoms with van der Waals surface area (Å²) < 4.78 is 39.4. The van der Waals surface area contributed by atoms with Gasteiger partial charge in [0.15, 0.2) is 0 Å². The number of amides is 1. The van der Waals surface area contributed by atoms with Gasteiger partial charge in [-0.25, -0.2) is 18.7 Å². The maximum absolute atomic E-state index is 14.3. The molecule has 2 heterocycles. The Morgan fingerprint density at radius 3 is 2.40 bits per heavy atom. The van der Waals surface area contributed by atoms with Gasteiger partial charge in [-0.05, 0) is 43.4 Å². The summed E-state index contributed by atoms with van der Waals surface area (Å²) in [4.78, 5) is 24.3. The number of likely N-dealkylation sites (N-methyl/N-ethyl adjacent to an activating group) is 1. The molecule has 0 radical (unpaired) electrons. The van der Waals surface area contributed by atoms with E-state index in [1.807, 2.05) is 12.4 Å². The first kappa shape index (κ1) is 25.3. The van der Waals surface area contributed by atoms with Crippen molar-refractivity contribution in [3.63, 3.8) is 0 Å². The van der Waals surface area contributed by atoms with Crippen molar-refractivity contribution in [2.45, 2.75) is 38.7 Å². The van der Waals surface area contributed by atoms with Crippen molar-refractivity contribution in [1.82, 2.24) is 14.9 Å². The van der Waals surface area contributed by atoms with Crippen molar-refractivity contribution in [2.24, 2.45) is 17.8 Å². The Morgan fingerprint density at radius 1 is 1.14 bits per heavy atom. The van der Waals surface area contributed by atoms with E-state index in [2.05, 4.69) is 14.9 Å². The van der Waals surface area contributed by atoms with Gasteiger partial charge in [0.1, 0.15) is 17.4 Å². The predicted octanol–water partition coefficient (Wildman–Crippen LogP) is 3.85. The molecule has 0 bridgehead atoms. The van der Waals surface area contributed by atoms with E-state index in [1.54, 1.807) is 21.2 Å². The molecule has 1 aromatic carbocycles. The molecule has 190 valence electrons. The van der Waals surface area contributed by atoms with Gasteiger partial charge in [-0.1, -0.05) is 0 Å². The second kappa shape index (κ2) is 11.3. The number of benzene rings is 1. The summed E-state index contributed by atoms with van der Waals surface area (Å²) in [5.74, 6) is 1.08. The van der Waals surface area contributed by atoms with Crippen LogP contribution in [0.25, 0.3) is 0 Å². The number of hydrogen-bond donors (Lipinski definition) is 0. The Hall–Kier alpha value is -2.81. The average Bonchev–Trinajstić information content (AvgIpc) is 3.61. The molecule has 1 aromatic heterocycles. The van der Waals surface area contributed by atoms with Crippen LogP contribution in [0.5, 0.6) is 5.75 Å². The Kier molecular flexibility index (Phi) is 8.15. The number of carbonyl (C=O) groups is 1. The van der Waals surface area contributed by atoms with Crippen molar-refractivity contribution in [3.05, 3.63) is 47.3 Å². The third-order valence-corrected chi connectivity index (χ3v) is 7.11. The lowest BCUT2D eigenvalue weighted by Gasteiger charge is -2.32. The number of ether oxygens (including phenoxy) is 2. The van der Waals surface area contributed by atoms with Crippen molar-refractivity contribution < 1.29 is 23.0 Å². The number of hydrogen-bond acceptors (Lipinski definition) is 6. The molecule has 1 aliphatic carbocycles. The zero-order valence-electron chi connectivity index (χ0n) is 20.7. The summed E-state index contributed by atoms with van der Waals surface area (Å²) in [5, 5.41) is 0. The maximum Gasteiger partial charge on any atom is 0.226 e. The zero-order chi connectivity index (χ0) is 24.9. The van der Waals surface area contributed by atoms with Crippen molar-refractivity contribution in [2.75, 3.05) is 45.8 Å². The van der Waals surface area contributed by atoms with Gasteiger partial charge in [0.2, 0.25) is 11.9 Å². The average molecular weight is 489 g/mol. The highest BCUT2D eigenvalue weighted by Crippen LogP contribution is 2.49. The predicted molar refractivity (Wildman–Crippen MR) is 128 cm³/mol. The highest BCUT2D eigenvalue weighted by Gasteiger charge is 2.43. The van der Waals surface area contributed by atoms with Gasteiger partial charge in [0, 0.05) is 69.9 Å². The number of aromatic nitrogens is 2. The Balaban J connectivity index is 1.19. The van der Waals surface area contributed by atoms with Crippen LogP contribution in [0.15, 0.2) is 24.5 Å². The van der Waals surface area contributed by atoms with Crippen LogP contribution in [-0.2, 0) is 22.6 Å². The molecular formula is C26H34F2N4O3. The van der Waals surface area contributed by atoms with Gasteiger partial charge in [-0.2, -0.15) is 0 Å². The quantitative estimate of drug-likeness (QED) is 0.506. The van der Waals surface area contributed by atoms with Crippen LogP contribution < -0.4 is 9.64 Å². The molecule has 1 saturated heterocycles. The summed E-state index contributed by atoms with van der Waals surface area (Å²) in [6, 6.07) is 2.34. The summed E-state index contributed by atoms with van der Waals surface area (Å²) in [5.41, 5.74) is 0.746. The van der Waals surface area contributed by atoms with Crippen molar-refractivity contribution >= 4 is 11.9 Å². The number of anilines is 1. The molecule has 4 rings (SSSR count). The van der Waals surface area contributed by atoms with Crippen LogP contribution >= 0.6 is 0 Å². The fourth-order valence-electron chi connectivity index (χ4n) is 4.93. The van der Waals surface area contributed by atoms with Crippen LogP contribution in [0.1, 0.15) is 36.8 Å². The second-order valence-electron chi connectivity index (χ2n) is 9.78. The second-order valence-corrected chi connectivity index (χ2v) is 9.78. The molecule has 1 amide bonds. The molecule has 0 spiro atoms. The first-order chi connectivity index (χ1) is 16.9. The van der Waals surface area contributed by atoms with Crippen LogP contribution in [-0.4, -0.2) is 61.7 Å². The van der Waals surface area contributed by atoms with E-state index < -0.39 is 11.6 Å². The Labute approximate surface area is 205 Å². The van der Waals surface area contributed by atoms with Gasteiger partial charge in [0.05, 0.1) is 19.6 Å². The molecule has 2 aromatic rings. The first-order valence-electron chi connectivity index (χ1n) is 12.2. The van der Waals surface area contributed by atoms with Gasteiger partial charge >= 0.3 is 0 Å². The molecule has 2 atom stereocenters. The number of rotatable bonds is 10. The summed E-state index contributed by atoms with van der Waals surface area (Å²) >= 11 is 0. The number of piperidine rings is 1. The summed E-state index contributed by atoms with van der Waals surface area (Å²) in [7, 11) is 4.77. The molecule has 0 unspecified atom stereocenters. The number of nitrogens with zero attached hydrogens (tertiary/aromatic N) is 4. The molecule has 7 nitrogen and oxygen atoms in total. The molecule has 1 aliphatic heterocycles. The smallest absolute Gasteiger partial charge is 0.226 e. The molecule has 1 saturated carbocycles. The first-order valence-corrected chi connectivity index (χ1v) is 12.2. The van der Waals surface area contributed by atoms with Gasteiger partial charge in [-0.3, -0.25) is 4.79 Å². The summed E-state index contributed by atoms with van der Waals surface area (Å²) in [6.07, 6.45) is 7.64. The summed E-state index contributed by atoms with van der Waals surface area (Å²) in [6.45, 7) is 2.85. The molecule has 35 heavy (non-hydrogen) atoms. The highest BCUT2D eigenvalue weighted by molar-refractivity contribution is 5.78. The van der Waals surface area contributed by atoms with Crippen LogP contribution in [0, 0.1) is 29.4 Å². The fourth-order valence-corrected chi connectivity index (χ4v) is 4.93. The fraction of sp³-hybridized carbons (Fsp3) is 0.577. The Bertz CT molecular complexity index is 987. The lowest BCUT2D eigenvalue weighted by Crippen LogP contribution is -2.35. The SMILES string of the molecule is COCc1cnc(N2CCC([C@H]3C[C@@H]3CCOc3cc(F)c(CC(=O)N(C)C)c(F)c3)CC2)nc1. The third-order valence-electron chi connectivity index (χ3n) is 7.11. The molecule has 2 fully saturated rings. The largest absolute Gasteiger partial charge is 0.493 e. The molecule has 0 N–H and O–H groups in total. The normalized spacial score (nSPS) is 20.1. The Morgan fingerprint density at radius 2 is 1.80 bits per heavy atom. The van der Waals surface area contributed by atoms with Crippen molar-refractivity contribution in [3.8, 4) is 5.75 Å². The van der Waals surface area contributed by atoms with Gasteiger partial charge in [0.25, 0.3) is 0 Å². The van der Waals surface area contributed by atoms with Crippen LogP contribution in [0.3, 0.4) is 0 Å². The van der Waals surface area contributed by atoms with E-state index in [-0.39, 0.29) is 23.6 Å². The molecule has 2 aliphatic rings. The topological polar surface area (TPSA) is 67.8 Å². The molecule has 9 heteroatoms. The van der Waals surface area contributed by atoms with Crippen LogP contribution in [0.2, 0.25) is 0 Å². The third kappa shape index (κ3) is 6.45. The van der Waals surface area contributed by atoms with Gasteiger partial charge in [-0.15, -0.1) is 0 Å². The monoisotopic (exact) mass is 488 g/mol. The van der Waals surface area contributed by atoms with E-state index in [9.17, 15) is 13.6 Å². The van der Waals surface area contributed by atoms with E-state index in [0.29, 0.717) is 31.0 Å². The lowest BCUT2D eigenvalue weighted by molar-refractivity contribution is -0.128. The molecular weight excluding hydrogens is 454 g/mol. The number of carbonyl (C=O) groups excluding carboxylic acids is 1. The minimum atomic E-state index is -0.747. The van der Waals surface area contributed by atoms with Crippen LogP contribution in [0.4, 0.5) is 14.7 Å². The maximum atomic E-state index is 14.3. The zero-order valence-corrected chi connectivity index (χ0v) is 20.7. The standard InChI is InChI=1S/C26H34F2N4O3/c1-31(2)25(33)13-22-23(27)11-20(12-24(22)28)35-9-6-19-10-21(19)18-4-7-32(8-5-18)26-29-14-17(15-30-26)16-34-3/h11-12,14-15,18-19,21H,4-10,13,16H2,1-3H3/t19-,21+/m0/s1. The van der Waals surface area contributed by atoms with Crippen molar-refractivity contribution in [1.29, 1.82) is 0 Å². The van der Waals surface area contributed by atoms with E-state index in [0.717, 1.165) is 43.9 Å². The van der Waals surface area contributed by atoms with E-state index in [1.165, 1.54) is 23.5 Å². The van der Waals surface area contributed by atoms with Gasteiger partial charge < -0.3 is 19.3 Å². The van der Waals surface area contributed by atoms with E-state index >= 15 is 0 Å². The number of methoxy groups -OCH3 is 1.